The van der Waals surface area contributed by atoms with Crippen molar-refractivity contribution in [2.75, 3.05) is 19.6 Å². The van der Waals surface area contributed by atoms with Gasteiger partial charge in [-0.25, -0.2) is 0 Å². The summed E-state index contributed by atoms with van der Waals surface area (Å²) in [5.74, 6) is 0.126. The van der Waals surface area contributed by atoms with Gasteiger partial charge in [0.2, 0.25) is 0 Å². The van der Waals surface area contributed by atoms with Crippen LogP contribution in [0.5, 0.6) is 0 Å². The molecule has 2 aliphatic carbocycles. The smallest absolute Gasteiger partial charge is 0.310 e. The van der Waals surface area contributed by atoms with Crippen molar-refractivity contribution >= 4 is 5.97 Å². The van der Waals surface area contributed by atoms with Gasteiger partial charge in [-0.3, -0.25) is 9.69 Å². The molecule has 0 amide bonds. The Morgan fingerprint density at radius 2 is 2.03 bits per heavy atom. The first kappa shape index (κ1) is 21.6. The Morgan fingerprint density at radius 3 is 2.73 bits per heavy atom. The number of allylic oxidation sites excluding steroid dienone is 2. The molecule has 164 valence electrons. The molecular weight excluding hydrogens is 374 g/mol. The second-order valence-electron chi connectivity index (χ2n) is 10.3. The van der Waals surface area contributed by atoms with E-state index in [1.807, 2.05) is 37.3 Å². The molecule has 3 aliphatic rings. The fraction of sp³-hybridized carbons (Fsp3) is 0.654. The molecule has 4 nitrogen and oxygen atoms in total. The van der Waals surface area contributed by atoms with E-state index >= 15 is 0 Å². The molecule has 1 saturated heterocycles. The van der Waals surface area contributed by atoms with E-state index in [0.29, 0.717) is 13.1 Å². The number of nitrogens with zero attached hydrogens (tertiary/aromatic N) is 1. The SMILES string of the molecule is CCN(C[C@@H]1C(=O)O[C@@H]2C[C@@]3(C)CCCC(C)=C3C[C@H]12)C[C@](C)(O)c1ccccc1. The summed E-state index contributed by atoms with van der Waals surface area (Å²) in [6.07, 6.45) is 5.68. The molecule has 0 unspecified atom stereocenters. The summed E-state index contributed by atoms with van der Waals surface area (Å²) in [7, 11) is 0. The Morgan fingerprint density at radius 1 is 1.30 bits per heavy atom. The molecule has 0 radical (unpaired) electrons. The van der Waals surface area contributed by atoms with Crippen LogP contribution in [0.3, 0.4) is 0 Å². The van der Waals surface area contributed by atoms with Gasteiger partial charge in [-0.2, -0.15) is 0 Å². The van der Waals surface area contributed by atoms with Gasteiger partial charge in [0.1, 0.15) is 6.10 Å². The molecule has 4 rings (SSSR count). The van der Waals surface area contributed by atoms with Crippen LogP contribution in [0.4, 0.5) is 0 Å². The first-order valence-corrected chi connectivity index (χ1v) is 11.6. The molecule has 4 heteroatoms. The molecule has 1 aromatic rings. The van der Waals surface area contributed by atoms with Gasteiger partial charge in [0, 0.05) is 19.0 Å². The van der Waals surface area contributed by atoms with Crippen LogP contribution in [0.1, 0.15) is 65.4 Å². The van der Waals surface area contributed by atoms with Crippen molar-refractivity contribution in [1.82, 2.24) is 4.90 Å². The third kappa shape index (κ3) is 3.97. The molecule has 0 spiro atoms. The molecule has 1 N–H and O–H groups in total. The van der Waals surface area contributed by atoms with Gasteiger partial charge in [0.25, 0.3) is 0 Å². The third-order valence-electron chi connectivity index (χ3n) is 8.01. The molecule has 0 bridgehead atoms. The number of likely N-dealkylation sites (N-methyl/N-ethyl adjacent to an activating group) is 1. The monoisotopic (exact) mass is 411 g/mol. The van der Waals surface area contributed by atoms with Crippen molar-refractivity contribution in [3.8, 4) is 0 Å². The van der Waals surface area contributed by atoms with Gasteiger partial charge in [-0.15, -0.1) is 0 Å². The highest BCUT2D eigenvalue weighted by Crippen LogP contribution is 2.55. The molecule has 0 aromatic heterocycles. The van der Waals surface area contributed by atoms with Crippen LogP contribution in [0.15, 0.2) is 41.5 Å². The number of rotatable bonds is 6. The first-order chi connectivity index (χ1) is 14.2. The average Bonchev–Trinajstić information content (AvgIpc) is 3.00. The number of hydrogen-bond acceptors (Lipinski definition) is 4. The third-order valence-corrected chi connectivity index (χ3v) is 8.01. The highest BCUT2D eigenvalue weighted by Gasteiger charge is 2.53. The van der Waals surface area contributed by atoms with Gasteiger partial charge < -0.3 is 9.84 Å². The number of fused-ring (bicyclic) bond motifs is 2. The maximum absolute atomic E-state index is 12.9. The number of benzene rings is 1. The minimum absolute atomic E-state index is 0.0386. The lowest BCUT2D eigenvalue weighted by Crippen LogP contribution is -2.44. The summed E-state index contributed by atoms with van der Waals surface area (Å²) in [5, 5.41) is 11.1. The van der Waals surface area contributed by atoms with Crippen LogP contribution in [0.2, 0.25) is 0 Å². The second kappa shape index (κ2) is 8.12. The quantitative estimate of drug-likeness (QED) is 0.546. The normalized spacial score (nSPS) is 33.1. The van der Waals surface area contributed by atoms with Crippen molar-refractivity contribution in [3.63, 3.8) is 0 Å². The van der Waals surface area contributed by atoms with Crippen LogP contribution in [0.25, 0.3) is 0 Å². The Labute approximate surface area is 181 Å². The summed E-state index contributed by atoms with van der Waals surface area (Å²) in [6, 6.07) is 9.81. The van der Waals surface area contributed by atoms with E-state index in [1.165, 1.54) is 19.3 Å². The maximum Gasteiger partial charge on any atom is 0.310 e. The van der Waals surface area contributed by atoms with Crippen molar-refractivity contribution in [3.05, 3.63) is 47.0 Å². The van der Waals surface area contributed by atoms with E-state index in [4.69, 9.17) is 4.74 Å². The second-order valence-corrected chi connectivity index (χ2v) is 10.3. The van der Waals surface area contributed by atoms with Crippen LogP contribution in [-0.4, -0.2) is 41.7 Å². The summed E-state index contributed by atoms with van der Waals surface area (Å²) >= 11 is 0. The lowest BCUT2D eigenvalue weighted by atomic mass is 9.59. The predicted molar refractivity (Wildman–Crippen MR) is 119 cm³/mol. The van der Waals surface area contributed by atoms with Gasteiger partial charge >= 0.3 is 5.97 Å². The predicted octanol–water partition coefficient (Wildman–Crippen LogP) is 4.67. The minimum atomic E-state index is -0.952. The van der Waals surface area contributed by atoms with E-state index < -0.39 is 5.60 Å². The molecule has 1 aromatic carbocycles. The molecule has 30 heavy (non-hydrogen) atoms. The first-order valence-electron chi connectivity index (χ1n) is 11.6. The zero-order valence-corrected chi connectivity index (χ0v) is 19.0. The van der Waals surface area contributed by atoms with Gasteiger partial charge in [0.05, 0.1) is 11.5 Å². The van der Waals surface area contributed by atoms with Crippen LogP contribution >= 0.6 is 0 Å². The number of hydrogen-bond donors (Lipinski definition) is 1. The highest BCUT2D eigenvalue weighted by atomic mass is 16.6. The number of aliphatic hydroxyl groups is 1. The molecule has 1 aliphatic heterocycles. The summed E-state index contributed by atoms with van der Waals surface area (Å²) in [5.41, 5.74) is 3.30. The zero-order valence-electron chi connectivity index (χ0n) is 19.0. The fourth-order valence-electron chi connectivity index (χ4n) is 6.23. The molecular formula is C26H37NO3. The number of esters is 1. The molecule has 1 saturated carbocycles. The highest BCUT2D eigenvalue weighted by molar-refractivity contribution is 5.76. The lowest BCUT2D eigenvalue weighted by molar-refractivity contribution is -0.145. The number of ether oxygens (including phenoxy) is 1. The Balaban J connectivity index is 1.50. The average molecular weight is 412 g/mol. The molecule has 5 atom stereocenters. The largest absolute Gasteiger partial charge is 0.462 e. The summed E-state index contributed by atoms with van der Waals surface area (Å²) < 4.78 is 5.94. The number of carbonyl (C=O) groups is 1. The molecule has 2 fully saturated rings. The standard InChI is InChI=1S/C26H37NO3/c1-5-27(17-26(4,29)19-11-7-6-8-12-19)16-21-20-14-22-18(2)10-9-13-25(22,3)15-23(20)30-24(21)28/h6-8,11-12,20-21,23,29H,5,9-10,13-17H2,1-4H3/t20-,21+,23-,25-,26+/m1/s1. The van der Waals surface area contributed by atoms with Crippen molar-refractivity contribution in [1.29, 1.82) is 0 Å². The summed E-state index contributed by atoms with van der Waals surface area (Å²) in [4.78, 5) is 15.1. The van der Waals surface area contributed by atoms with E-state index in [1.54, 1.807) is 11.1 Å². The Kier molecular flexibility index (Phi) is 5.84. The minimum Gasteiger partial charge on any atom is -0.462 e. The van der Waals surface area contributed by atoms with Gasteiger partial charge in [0.15, 0.2) is 0 Å². The van der Waals surface area contributed by atoms with E-state index in [2.05, 4.69) is 25.7 Å². The van der Waals surface area contributed by atoms with Crippen molar-refractivity contribution < 1.29 is 14.6 Å². The Bertz CT molecular complexity index is 815. The van der Waals surface area contributed by atoms with Crippen molar-refractivity contribution in [2.45, 2.75) is 71.5 Å². The maximum atomic E-state index is 12.9. The van der Waals surface area contributed by atoms with Gasteiger partial charge in [-0.1, -0.05) is 55.3 Å². The van der Waals surface area contributed by atoms with Crippen LogP contribution in [-0.2, 0) is 15.1 Å². The van der Waals surface area contributed by atoms with E-state index in [0.717, 1.165) is 24.9 Å². The van der Waals surface area contributed by atoms with Gasteiger partial charge in [-0.05, 0) is 63.5 Å². The fourth-order valence-corrected chi connectivity index (χ4v) is 6.23. The van der Waals surface area contributed by atoms with Crippen LogP contribution in [0, 0.1) is 17.3 Å². The van der Waals surface area contributed by atoms with Crippen molar-refractivity contribution in [2.24, 2.45) is 17.3 Å². The lowest BCUT2D eigenvalue weighted by Gasteiger charge is -2.46. The van der Waals surface area contributed by atoms with Crippen LogP contribution < -0.4 is 0 Å². The molecule has 1 heterocycles. The topological polar surface area (TPSA) is 49.8 Å². The van der Waals surface area contributed by atoms with E-state index in [-0.39, 0.29) is 29.3 Å². The number of carbonyl (C=O) groups excluding carboxylic acids is 1. The summed E-state index contributed by atoms with van der Waals surface area (Å²) in [6.45, 7) is 10.6. The van der Waals surface area contributed by atoms with E-state index in [9.17, 15) is 9.90 Å². The Hall–Kier alpha value is -1.65. The zero-order chi connectivity index (χ0) is 21.5.